The summed E-state index contributed by atoms with van der Waals surface area (Å²) in [4.78, 5) is 14.9. The monoisotopic (exact) mass is 242 g/mol. The van der Waals surface area contributed by atoms with Crippen LogP contribution in [0.5, 0.6) is 11.8 Å². The highest BCUT2D eigenvalue weighted by Gasteiger charge is 2.05. The van der Waals surface area contributed by atoms with Crippen LogP contribution in [-0.2, 0) is 0 Å². The van der Waals surface area contributed by atoms with Gasteiger partial charge in [-0.1, -0.05) is 0 Å². The third-order valence-electron chi connectivity index (χ3n) is 1.40. The lowest BCUT2D eigenvalue weighted by Crippen LogP contribution is -1.95. The molecule has 0 unspecified atom stereocenters. The third kappa shape index (κ3) is 2.74. The van der Waals surface area contributed by atoms with E-state index < -0.39 is 0 Å². The molecule has 0 N–H and O–H groups in total. The first kappa shape index (κ1) is 10.1. The number of hydrogen-bond acceptors (Lipinski definition) is 5. The molecule has 0 saturated heterocycles. The average Bonchev–Trinajstić information content (AvgIpc) is 2.17. The van der Waals surface area contributed by atoms with Crippen LogP contribution in [0.1, 0.15) is 0 Å². The van der Waals surface area contributed by atoms with Gasteiger partial charge < -0.3 is 4.74 Å². The second-order valence-corrected chi connectivity index (χ2v) is 3.12. The first-order valence-electron chi connectivity index (χ1n) is 3.89. The van der Waals surface area contributed by atoms with E-state index in [2.05, 4.69) is 19.9 Å². The van der Waals surface area contributed by atoms with Crippen molar-refractivity contribution in [3.05, 3.63) is 35.1 Å². The second-order valence-electron chi connectivity index (χ2n) is 2.45. The summed E-state index contributed by atoms with van der Waals surface area (Å²) in [6.45, 7) is 0. The van der Waals surface area contributed by atoms with Gasteiger partial charge in [-0.3, -0.25) is 4.98 Å². The fraction of sp³-hybridized carbons (Fsp3) is 0. The summed E-state index contributed by atoms with van der Waals surface area (Å²) in [6.07, 6.45) is 3.14. The molecule has 76 valence electrons. The maximum Gasteiger partial charge on any atom is 0.327 e. The smallest absolute Gasteiger partial charge is 0.327 e. The molecule has 0 amide bonds. The average molecular weight is 243 g/mol. The molecule has 7 heteroatoms. The van der Waals surface area contributed by atoms with Crippen molar-refractivity contribution in [3.63, 3.8) is 0 Å². The van der Waals surface area contributed by atoms with Gasteiger partial charge in [0, 0.05) is 6.20 Å². The van der Waals surface area contributed by atoms with Crippen LogP contribution in [-0.4, -0.2) is 19.9 Å². The van der Waals surface area contributed by atoms with Crippen LogP contribution in [0.25, 0.3) is 0 Å². The summed E-state index contributed by atoms with van der Waals surface area (Å²) in [5.74, 6) is 0.496. The summed E-state index contributed by atoms with van der Waals surface area (Å²) in [7, 11) is 0. The van der Waals surface area contributed by atoms with Crippen molar-refractivity contribution in [1.29, 1.82) is 0 Å². The Morgan fingerprint density at radius 2 is 1.80 bits per heavy atom. The minimum absolute atomic E-state index is 0.0195. The molecule has 0 aliphatic rings. The number of ether oxygens (including phenoxy) is 1. The molecule has 0 aliphatic carbocycles. The Hall–Kier alpha value is -1.46. The van der Waals surface area contributed by atoms with Crippen molar-refractivity contribution in [2.45, 2.75) is 0 Å². The molecule has 0 aliphatic heterocycles. The zero-order chi connectivity index (χ0) is 10.7. The lowest BCUT2D eigenvalue weighted by molar-refractivity contribution is 0.437. The van der Waals surface area contributed by atoms with E-state index in [1.54, 1.807) is 18.3 Å². The van der Waals surface area contributed by atoms with Crippen LogP contribution in [0, 0.1) is 0 Å². The molecular formula is C8H4Cl2N4O. The van der Waals surface area contributed by atoms with E-state index >= 15 is 0 Å². The van der Waals surface area contributed by atoms with Gasteiger partial charge in [-0.25, -0.2) is 0 Å². The van der Waals surface area contributed by atoms with Crippen LogP contribution in [0.2, 0.25) is 10.6 Å². The third-order valence-corrected chi connectivity index (χ3v) is 1.74. The summed E-state index contributed by atoms with van der Waals surface area (Å²) in [6, 6.07) is 3.46. The second kappa shape index (κ2) is 4.37. The molecular weight excluding hydrogens is 239 g/mol. The van der Waals surface area contributed by atoms with Gasteiger partial charge in [-0.05, 0) is 35.3 Å². The fourth-order valence-electron chi connectivity index (χ4n) is 0.867. The van der Waals surface area contributed by atoms with Gasteiger partial charge in [0.1, 0.15) is 5.75 Å². The Bertz CT molecular complexity index is 445. The summed E-state index contributed by atoms with van der Waals surface area (Å²) >= 11 is 11.1. The van der Waals surface area contributed by atoms with Gasteiger partial charge in [0.2, 0.25) is 10.6 Å². The van der Waals surface area contributed by atoms with Gasteiger partial charge in [0.15, 0.2) is 0 Å². The normalized spacial score (nSPS) is 10.0. The van der Waals surface area contributed by atoms with E-state index in [0.29, 0.717) is 5.75 Å². The van der Waals surface area contributed by atoms with Crippen LogP contribution >= 0.6 is 23.2 Å². The zero-order valence-corrected chi connectivity index (χ0v) is 8.77. The zero-order valence-electron chi connectivity index (χ0n) is 7.26. The Labute approximate surface area is 95.1 Å². The molecule has 2 heterocycles. The first-order valence-corrected chi connectivity index (χ1v) is 4.64. The maximum atomic E-state index is 5.57. The molecule has 0 radical (unpaired) electrons. The van der Waals surface area contributed by atoms with Gasteiger partial charge in [-0.2, -0.15) is 15.0 Å². The highest BCUT2D eigenvalue weighted by Crippen LogP contribution is 2.18. The summed E-state index contributed by atoms with van der Waals surface area (Å²) in [5, 5.41) is -0.0391. The summed E-state index contributed by atoms with van der Waals surface area (Å²) < 4.78 is 5.25. The topological polar surface area (TPSA) is 60.8 Å². The molecule has 2 rings (SSSR count). The van der Waals surface area contributed by atoms with Crippen molar-refractivity contribution in [3.8, 4) is 11.8 Å². The minimum atomic E-state index is -0.0195. The van der Waals surface area contributed by atoms with E-state index in [1.807, 2.05) is 0 Å². The van der Waals surface area contributed by atoms with Gasteiger partial charge >= 0.3 is 6.01 Å². The van der Waals surface area contributed by atoms with E-state index in [9.17, 15) is 0 Å². The number of halogens is 2. The first-order chi connectivity index (χ1) is 7.24. The highest BCUT2D eigenvalue weighted by molar-refractivity contribution is 6.31. The van der Waals surface area contributed by atoms with Crippen molar-refractivity contribution >= 4 is 23.2 Å². The largest absolute Gasteiger partial charge is 0.423 e. The quantitative estimate of drug-likeness (QED) is 0.810. The Kier molecular flexibility index (Phi) is 2.94. The van der Waals surface area contributed by atoms with E-state index in [1.165, 1.54) is 6.20 Å². The number of pyridine rings is 1. The number of aromatic nitrogens is 4. The molecule has 0 atom stereocenters. The SMILES string of the molecule is Clc1nc(Cl)nc(Oc2cccnc2)n1. The highest BCUT2D eigenvalue weighted by atomic mass is 35.5. The molecule has 0 spiro atoms. The number of hydrogen-bond donors (Lipinski definition) is 0. The number of rotatable bonds is 2. The standard InChI is InChI=1S/C8H4Cl2N4O/c9-6-12-7(10)14-8(13-6)15-5-2-1-3-11-4-5/h1-4H. The van der Waals surface area contributed by atoms with Gasteiger partial charge in [0.05, 0.1) is 6.20 Å². The fourth-order valence-corrected chi connectivity index (χ4v) is 1.22. The van der Waals surface area contributed by atoms with Crippen molar-refractivity contribution in [2.75, 3.05) is 0 Å². The van der Waals surface area contributed by atoms with E-state index in [4.69, 9.17) is 27.9 Å². The van der Waals surface area contributed by atoms with E-state index in [0.717, 1.165) is 0 Å². The van der Waals surface area contributed by atoms with Crippen LogP contribution in [0.3, 0.4) is 0 Å². The Morgan fingerprint density at radius 3 is 2.40 bits per heavy atom. The predicted molar refractivity (Wildman–Crippen MR) is 54.2 cm³/mol. The van der Waals surface area contributed by atoms with Crippen molar-refractivity contribution < 1.29 is 4.74 Å². The Morgan fingerprint density at radius 1 is 1.07 bits per heavy atom. The maximum absolute atomic E-state index is 5.57. The summed E-state index contributed by atoms with van der Waals surface area (Å²) in [5.41, 5.74) is 0. The van der Waals surface area contributed by atoms with Crippen LogP contribution in [0.4, 0.5) is 0 Å². The lowest BCUT2D eigenvalue weighted by Gasteiger charge is -2.02. The predicted octanol–water partition coefficient (Wildman–Crippen LogP) is 2.37. The molecule has 15 heavy (non-hydrogen) atoms. The molecule has 2 aromatic rings. The minimum Gasteiger partial charge on any atom is -0.423 e. The van der Waals surface area contributed by atoms with Gasteiger partial charge in [-0.15, -0.1) is 0 Å². The van der Waals surface area contributed by atoms with Crippen LogP contribution in [0.15, 0.2) is 24.5 Å². The van der Waals surface area contributed by atoms with E-state index in [-0.39, 0.29) is 16.6 Å². The number of nitrogens with zero attached hydrogens (tertiary/aromatic N) is 4. The van der Waals surface area contributed by atoms with Crippen molar-refractivity contribution in [1.82, 2.24) is 19.9 Å². The van der Waals surface area contributed by atoms with Gasteiger partial charge in [0.25, 0.3) is 0 Å². The molecule has 5 nitrogen and oxygen atoms in total. The molecule has 0 aromatic carbocycles. The Balaban J connectivity index is 2.25. The van der Waals surface area contributed by atoms with Crippen molar-refractivity contribution in [2.24, 2.45) is 0 Å². The van der Waals surface area contributed by atoms with Crippen LogP contribution < -0.4 is 4.74 Å². The molecule has 0 fully saturated rings. The molecule has 2 aromatic heterocycles. The molecule has 0 saturated carbocycles. The molecule has 0 bridgehead atoms. The lowest BCUT2D eigenvalue weighted by atomic mass is 10.5.